The molecule has 2 heterocycles. The first-order chi connectivity index (χ1) is 13.1. The number of benzene rings is 2. The molecule has 2 aromatic heterocycles. The molecule has 0 radical (unpaired) electrons. The number of nitrogens with one attached hydrogen (secondary N) is 1. The number of aromatic amines is 1. The van der Waals surface area contributed by atoms with Crippen molar-refractivity contribution in [1.82, 2.24) is 15.2 Å². The first kappa shape index (κ1) is 17.0. The second kappa shape index (κ2) is 7.07. The summed E-state index contributed by atoms with van der Waals surface area (Å²) in [5, 5.41) is 8.12. The zero-order valence-electron chi connectivity index (χ0n) is 14.1. The second-order valence-corrected chi connectivity index (χ2v) is 6.13. The van der Waals surface area contributed by atoms with E-state index in [1.807, 2.05) is 48.6 Å². The van der Waals surface area contributed by atoms with Gasteiger partial charge in [0, 0.05) is 11.6 Å². The van der Waals surface area contributed by atoms with Crippen LogP contribution in [-0.2, 0) is 6.42 Å². The number of fused-ring (bicyclic) bond motifs is 1. The SMILES string of the molecule is Fc1cc(Cc2ccc3[nH]nc(C=Cc4ccccn4)c3c2)cc(F)c1F. The van der Waals surface area contributed by atoms with Crippen molar-refractivity contribution >= 4 is 23.1 Å². The van der Waals surface area contributed by atoms with E-state index in [1.54, 1.807) is 6.20 Å². The van der Waals surface area contributed by atoms with Crippen LogP contribution in [-0.4, -0.2) is 15.2 Å². The minimum Gasteiger partial charge on any atom is -0.277 e. The van der Waals surface area contributed by atoms with Crippen LogP contribution in [0.3, 0.4) is 0 Å². The first-order valence-electron chi connectivity index (χ1n) is 8.30. The van der Waals surface area contributed by atoms with Crippen LogP contribution in [0.15, 0.2) is 54.7 Å². The van der Waals surface area contributed by atoms with E-state index in [-0.39, 0.29) is 6.42 Å². The fraction of sp³-hybridized carbons (Fsp3) is 0.0476. The number of H-pyrrole nitrogens is 1. The molecule has 0 bridgehead atoms. The van der Waals surface area contributed by atoms with Gasteiger partial charge in [-0.3, -0.25) is 10.1 Å². The molecule has 4 aromatic rings. The summed E-state index contributed by atoms with van der Waals surface area (Å²) in [5.74, 6) is -3.83. The quantitative estimate of drug-likeness (QED) is 0.509. The van der Waals surface area contributed by atoms with Crippen molar-refractivity contribution in [3.63, 3.8) is 0 Å². The summed E-state index contributed by atoms with van der Waals surface area (Å²) in [6.45, 7) is 0. The molecule has 3 nitrogen and oxygen atoms in total. The van der Waals surface area contributed by atoms with E-state index in [0.29, 0.717) is 5.56 Å². The van der Waals surface area contributed by atoms with Crippen LogP contribution in [0, 0.1) is 17.5 Å². The molecule has 4 rings (SSSR count). The fourth-order valence-corrected chi connectivity index (χ4v) is 2.90. The summed E-state index contributed by atoms with van der Waals surface area (Å²) < 4.78 is 40.0. The van der Waals surface area contributed by atoms with Gasteiger partial charge in [-0.25, -0.2) is 13.2 Å². The minimum atomic E-state index is -1.45. The van der Waals surface area contributed by atoms with Crippen molar-refractivity contribution in [2.75, 3.05) is 0 Å². The van der Waals surface area contributed by atoms with Crippen LogP contribution < -0.4 is 0 Å². The largest absolute Gasteiger partial charge is 0.277 e. The van der Waals surface area contributed by atoms with Crippen LogP contribution in [0.5, 0.6) is 0 Å². The van der Waals surface area contributed by atoms with Gasteiger partial charge in [0.05, 0.1) is 16.9 Å². The highest BCUT2D eigenvalue weighted by Crippen LogP contribution is 2.22. The number of aromatic nitrogens is 3. The summed E-state index contributed by atoms with van der Waals surface area (Å²) in [7, 11) is 0. The Kier molecular flexibility index (Phi) is 4.46. The molecule has 0 aliphatic heterocycles. The molecular weight excluding hydrogens is 351 g/mol. The number of rotatable bonds is 4. The van der Waals surface area contributed by atoms with Gasteiger partial charge >= 0.3 is 0 Å². The molecule has 0 spiro atoms. The predicted octanol–water partition coefficient (Wildman–Crippen LogP) is 5.14. The van der Waals surface area contributed by atoms with Crippen molar-refractivity contribution in [1.29, 1.82) is 0 Å². The lowest BCUT2D eigenvalue weighted by Gasteiger charge is -2.04. The maximum Gasteiger partial charge on any atom is 0.194 e. The van der Waals surface area contributed by atoms with Crippen molar-refractivity contribution in [3.05, 3.63) is 94.7 Å². The third-order valence-corrected chi connectivity index (χ3v) is 4.21. The van der Waals surface area contributed by atoms with E-state index in [4.69, 9.17) is 0 Å². The van der Waals surface area contributed by atoms with Crippen LogP contribution in [0.2, 0.25) is 0 Å². The van der Waals surface area contributed by atoms with E-state index in [0.717, 1.165) is 40.0 Å². The molecule has 1 N–H and O–H groups in total. The highest BCUT2D eigenvalue weighted by atomic mass is 19.2. The third kappa shape index (κ3) is 3.60. The Morgan fingerprint density at radius 3 is 2.44 bits per heavy atom. The summed E-state index contributed by atoms with van der Waals surface area (Å²) in [5.41, 5.74) is 3.58. The van der Waals surface area contributed by atoms with E-state index < -0.39 is 17.5 Å². The molecule has 6 heteroatoms. The van der Waals surface area contributed by atoms with E-state index >= 15 is 0 Å². The van der Waals surface area contributed by atoms with Crippen LogP contribution in [0.4, 0.5) is 13.2 Å². The summed E-state index contributed by atoms with van der Waals surface area (Å²) >= 11 is 0. The molecule has 134 valence electrons. The monoisotopic (exact) mass is 365 g/mol. The van der Waals surface area contributed by atoms with E-state index in [2.05, 4.69) is 15.2 Å². The maximum atomic E-state index is 13.4. The fourth-order valence-electron chi connectivity index (χ4n) is 2.90. The Morgan fingerprint density at radius 2 is 1.70 bits per heavy atom. The lowest BCUT2D eigenvalue weighted by Crippen LogP contribution is -1.96. The topological polar surface area (TPSA) is 41.6 Å². The van der Waals surface area contributed by atoms with Crippen LogP contribution >= 0.6 is 0 Å². The highest BCUT2D eigenvalue weighted by molar-refractivity contribution is 5.89. The van der Waals surface area contributed by atoms with Gasteiger partial charge in [0.1, 0.15) is 0 Å². The van der Waals surface area contributed by atoms with Crippen molar-refractivity contribution in [3.8, 4) is 0 Å². The number of hydrogen-bond acceptors (Lipinski definition) is 2. The van der Waals surface area contributed by atoms with Crippen molar-refractivity contribution in [2.24, 2.45) is 0 Å². The Balaban J connectivity index is 1.65. The average Bonchev–Trinajstić information content (AvgIpc) is 3.07. The zero-order valence-corrected chi connectivity index (χ0v) is 14.1. The lowest BCUT2D eigenvalue weighted by molar-refractivity contribution is 0.445. The second-order valence-electron chi connectivity index (χ2n) is 6.13. The highest BCUT2D eigenvalue weighted by Gasteiger charge is 2.11. The first-order valence-corrected chi connectivity index (χ1v) is 8.30. The Labute approximate surface area is 153 Å². The number of hydrogen-bond donors (Lipinski definition) is 1. The van der Waals surface area contributed by atoms with E-state index in [9.17, 15) is 13.2 Å². The van der Waals surface area contributed by atoms with Gasteiger partial charge in [0.2, 0.25) is 0 Å². The molecule has 0 saturated heterocycles. The number of halogens is 3. The van der Waals surface area contributed by atoms with E-state index in [1.165, 1.54) is 0 Å². The lowest BCUT2D eigenvalue weighted by atomic mass is 10.0. The van der Waals surface area contributed by atoms with Crippen molar-refractivity contribution < 1.29 is 13.2 Å². The average molecular weight is 365 g/mol. The molecule has 0 amide bonds. The Morgan fingerprint density at radius 1 is 0.889 bits per heavy atom. The Hall–Kier alpha value is -3.41. The van der Waals surface area contributed by atoms with Gasteiger partial charge < -0.3 is 0 Å². The van der Waals surface area contributed by atoms with Gasteiger partial charge in [0.15, 0.2) is 17.5 Å². The zero-order chi connectivity index (χ0) is 18.8. The van der Waals surface area contributed by atoms with Crippen molar-refractivity contribution in [2.45, 2.75) is 6.42 Å². The van der Waals surface area contributed by atoms with Gasteiger partial charge in [-0.1, -0.05) is 12.1 Å². The number of nitrogens with zero attached hydrogens (tertiary/aromatic N) is 2. The number of pyridine rings is 1. The molecule has 0 unspecified atom stereocenters. The van der Waals surface area contributed by atoms with Crippen LogP contribution in [0.1, 0.15) is 22.5 Å². The normalized spacial score (nSPS) is 11.5. The molecule has 0 saturated carbocycles. The minimum absolute atomic E-state index is 0.276. The summed E-state index contributed by atoms with van der Waals surface area (Å²) in [6.07, 6.45) is 5.69. The van der Waals surface area contributed by atoms with Crippen LogP contribution in [0.25, 0.3) is 23.1 Å². The predicted molar refractivity (Wildman–Crippen MR) is 98.4 cm³/mol. The molecule has 0 atom stereocenters. The smallest absolute Gasteiger partial charge is 0.194 e. The van der Waals surface area contributed by atoms with Gasteiger partial charge in [-0.15, -0.1) is 0 Å². The molecule has 2 aromatic carbocycles. The van der Waals surface area contributed by atoms with Gasteiger partial charge in [-0.05, 0) is 66.1 Å². The maximum absolute atomic E-state index is 13.4. The molecule has 0 fully saturated rings. The van der Waals surface area contributed by atoms with Gasteiger partial charge in [-0.2, -0.15) is 5.10 Å². The van der Waals surface area contributed by atoms with Gasteiger partial charge in [0.25, 0.3) is 0 Å². The molecule has 0 aliphatic rings. The Bertz CT molecular complexity index is 1110. The summed E-state index contributed by atoms with van der Waals surface area (Å²) in [4.78, 5) is 4.23. The third-order valence-electron chi connectivity index (χ3n) is 4.21. The molecule has 0 aliphatic carbocycles. The standard InChI is InChI=1S/C21H14F3N3/c22-17-11-14(12-18(23)21(17)24)9-13-4-6-19-16(10-13)20(27-26-19)7-5-15-3-1-2-8-25-15/h1-8,10-12H,9H2,(H,26,27). The summed E-state index contributed by atoms with van der Waals surface area (Å²) in [6, 6.07) is 13.2. The molecular formula is C21H14F3N3. The molecule has 27 heavy (non-hydrogen) atoms.